The Balaban J connectivity index is 0.00000261. The molecule has 27 heavy (non-hydrogen) atoms. The average Bonchev–Trinajstić information content (AvgIpc) is 3.15. The number of anilines is 1. The molecule has 1 fully saturated rings. The second-order valence-electron chi connectivity index (χ2n) is 6.18. The largest absolute Gasteiger partial charge is 0.375 e. The van der Waals surface area contributed by atoms with Crippen molar-refractivity contribution < 1.29 is 9.13 Å². The van der Waals surface area contributed by atoms with Crippen LogP contribution in [0, 0.1) is 5.82 Å². The summed E-state index contributed by atoms with van der Waals surface area (Å²) in [5, 5.41) is 2.94. The zero-order valence-electron chi connectivity index (χ0n) is 15.5. The lowest BCUT2D eigenvalue weighted by Gasteiger charge is -2.36. The van der Waals surface area contributed by atoms with E-state index in [2.05, 4.69) is 19.8 Å². The van der Waals surface area contributed by atoms with Gasteiger partial charge in [-0.05, 0) is 31.2 Å². The molecule has 9 heteroatoms. The van der Waals surface area contributed by atoms with Crippen molar-refractivity contribution in [3.63, 3.8) is 0 Å². The average molecular weight is 505 g/mol. The molecule has 1 saturated heterocycles. The van der Waals surface area contributed by atoms with Gasteiger partial charge in [0.1, 0.15) is 16.9 Å². The van der Waals surface area contributed by atoms with Crippen molar-refractivity contribution in [3.8, 4) is 0 Å². The topological polar surface area (TPSA) is 67.0 Å². The quantitative estimate of drug-likeness (QED) is 0.384. The van der Waals surface area contributed by atoms with E-state index in [4.69, 9.17) is 10.5 Å². The summed E-state index contributed by atoms with van der Waals surface area (Å²) in [6.45, 7) is 5.67. The van der Waals surface area contributed by atoms with Crippen LogP contribution in [0.2, 0.25) is 0 Å². The van der Waals surface area contributed by atoms with Gasteiger partial charge in [-0.15, -0.1) is 35.3 Å². The molecule has 1 aliphatic heterocycles. The molecule has 2 N–H and O–H groups in total. The molecule has 2 aromatic rings. The number of halogens is 2. The summed E-state index contributed by atoms with van der Waals surface area (Å²) in [4.78, 5) is 13.3. The number of methoxy groups -OCH3 is 1. The first-order chi connectivity index (χ1) is 12.6. The summed E-state index contributed by atoms with van der Waals surface area (Å²) in [5.74, 6) is 0.326. The van der Waals surface area contributed by atoms with Crippen LogP contribution in [0.3, 0.4) is 0 Å². The van der Waals surface area contributed by atoms with Gasteiger partial charge in [0.15, 0.2) is 5.96 Å². The number of thiazole rings is 1. The van der Waals surface area contributed by atoms with Gasteiger partial charge in [-0.25, -0.2) is 14.4 Å². The maximum atomic E-state index is 13.0. The fourth-order valence-corrected chi connectivity index (χ4v) is 3.63. The lowest BCUT2D eigenvalue weighted by atomic mass is 10.2. The maximum Gasteiger partial charge on any atom is 0.191 e. The number of aromatic nitrogens is 1. The first-order valence-corrected chi connectivity index (χ1v) is 9.47. The zero-order chi connectivity index (χ0) is 18.5. The predicted molar refractivity (Wildman–Crippen MR) is 118 cm³/mol. The zero-order valence-corrected chi connectivity index (χ0v) is 18.6. The van der Waals surface area contributed by atoms with Gasteiger partial charge in [0.2, 0.25) is 0 Å². The molecule has 6 nitrogen and oxygen atoms in total. The van der Waals surface area contributed by atoms with E-state index in [1.807, 2.05) is 24.4 Å². The van der Waals surface area contributed by atoms with Crippen molar-refractivity contribution >= 4 is 47.0 Å². The Morgan fingerprint density at radius 2 is 1.96 bits per heavy atom. The Hall–Kier alpha value is -1.46. The van der Waals surface area contributed by atoms with Crippen molar-refractivity contribution in [1.29, 1.82) is 0 Å². The second-order valence-corrected chi connectivity index (χ2v) is 7.07. The highest BCUT2D eigenvalue weighted by Crippen LogP contribution is 2.21. The number of nitrogens with two attached hydrogens (primary N) is 1. The van der Waals surface area contributed by atoms with Crippen molar-refractivity contribution in [2.45, 2.75) is 19.6 Å². The minimum Gasteiger partial charge on any atom is -0.375 e. The van der Waals surface area contributed by atoms with E-state index in [0.29, 0.717) is 12.5 Å². The van der Waals surface area contributed by atoms with E-state index in [0.717, 1.165) is 42.6 Å². The predicted octanol–water partition coefficient (Wildman–Crippen LogP) is 3.24. The summed E-state index contributed by atoms with van der Waals surface area (Å²) in [6.07, 6.45) is -0.00499. The third-order valence-corrected chi connectivity index (χ3v) is 5.52. The third kappa shape index (κ3) is 5.76. The molecule has 2 heterocycles. The molecule has 0 saturated carbocycles. The van der Waals surface area contributed by atoms with Crippen molar-refractivity contribution in [3.05, 3.63) is 46.2 Å². The molecule has 1 aromatic heterocycles. The first kappa shape index (κ1) is 21.8. The van der Waals surface area contributed by atoms with Crippen LogP contribution >= 0.6 is 35.3 Å². The maximum absolute atomic E-state index is 13.0. The fraction of sp³-hybridized carbons (Fsp3) is 0.444. The number of nitrogens with zero attached hydrogens (tertiary/aromatic N) is 4. The summed E-state index contributed by atoms with van der Waals surface area (Å²) in [6, 6.07) is 6.60. The fourth-order valence-electron chi connectivity index (χ4n) is 2.79. The van der Waals surface area contributed by atoms with Gasteiger partial charge in [0.05, 0.1) is 12.2 Å². The first-order valence-electron chi connectivity index (χ1n) is 8.59. The Kier molecular flexibility index (Phi) is 8.24. The standard InChI is InChI=1S/C18H24FN5OS.HI/c1-13(25-2)17-22-15(12-26-17)11-21-18(20)24-9-7-23(8-10-24)16-5-3-14(19)4-6-16;/h3-6,12-13H,7-11H2,1-2H3,(H2,20,21);1H. The molecule has 1 aromatic carbocycles. The molecule has 0 spiro atoms. The number of ether oxygens (including phenoxy) is 1. The van der Waals surface area contributed by atoms with Gasteiger partial charge in [-0.3, -0.25) is 0 Å². The van der Waals surface area contributed by atoms with Crippen LogP contribution in [0.1, 0.15) is 23.7 Å². The van der Waals surface area contributed by atoms with E-state index in [1.54, 1.807) is 18.4 Å². The van der Waals surface area contributed by atoms with Crippen LogP contribution < -0.4 is 10.6 Å². The van der Waals surface area contributed by atoms with Crippen LogP contribution in [0.4, 0.5) is 10.1 Å². The highest BCUT2D eigenvalue weighted by Gasteiger charge is 2.18. The van der Waals surface area contributed by atoms with Crippen molar-refractivity contribution in [2.24, 2.45) is 10.7 Å². The van der Waals surface area contributed by atoms with Crippen molar-refractivity contribution in [1.82, 2.24) is 9.88 Å². The highest BCUT2D eigenvalue weighted by molar-refractivity contribution is 14.0. The van der Waals surface area contributed by atoms with Gasteiger partial charge in [0, 0.05) is 44.4 Å². The Bertz CT molecular complexity index is 746. The van der Waals surface area contributed by atoms with E-state index in [1.165, 1.54) is 12.1 Å². The highest BCUT2D eigenvalue weighted by atomic mass is 127. The molecule has 3 rings (SSSR count). The minimum atomic E-state index is -0.214. The summed E-state index contributed by atoms with van der Waals surface area (Å²) in [7, 11) is 1.67. The number of hydrogen-bond donors (Lipinski definition) is 1. The molecule has 148 valence electrons. The molecule has 1 atom stereocenters. The van der Waals surface area contributed by atoms with Gasteiger partial charge in [0.25, 0.3) is 0 Å². The molecular weight excluding hydrogens is 480 g/mol. The van der Waals surface area contributed by atoms with Gasteiger partial charge < -0.3 is 20.3 Å². The van der Waals surface area contributed by atoms with Gasteiger partial charge in [-0.2, -0.15) is 0 Å². The SMILES string of the molecule is COC(C)c1nc(CN=C(N)N2CCN(c3ccc(F)cc3)CC2)cs1.I. The van der Waals surface area contributed by atoms with Gasteiger partial charge >= 0.3 is 0 Å². The van der Waals surface area contributed by atoms with Crippen molar-refractivity contribution in [2.75, 3.05) is 38.2 Å². The minimum absolute atomic E-state index is 0. The van der Waals surface area contributed by atoms with E-state index >= 15 is 0 Å². The van der Waals surface area contributed by atoms with E-state index in [-0.39, 0.29) is 35.9 Å². The molecule has 0 aliphatic carbocycles. The number of piperazine rings is 1. The number of rotatable bonds is 5. The van der Waals surface area contributed by atoms with Crippen LogP contribution in [0.5, 0.6) is 0 Å². The van der Waals surface area contributed by atoms with Crippen LogP contribution in [0.25, 0.3) is 0 Å². The second kappa shape index (κ2) is 10.2. The molecule has 0 bridgehead atoms. The smallest absolute Gasteiger partial charge is 0.191 e. The van der Waals surface area contributed by atoms with Crippen LogP contribution in [-0.2, 0) is 11.3 Å². The summed E-state index contributed by atoms with van der Waals surface area (Å²) in [5.41, 5.74) is 8.09. The van der Waals surface area contributed by atoms with Crippen LogP contribution in [0.15, 0.2) is 34.6 Å². The number of aliphatic imine (C=N–C) groups is 1. The molecule has 1 aliphatic rings. The lowest BCUT2D eigenvalue weighted by molar-refractivity contribution is 0.119. The number of benzene rings is 1. The lowest BCUT2D eigenvalue weighted by Crippen LogP contribution is -2.51. The summed E-state index contributed by atoms with van der Waals surface area (Å²) < 4.78 is 18.3. The van der Waals surface area contributed by atoms with Gasteiger partial charge in [-0.1, -0.05) is 0 Å². The van der Waals surface area contributed by atoms with E-state index in [9.17, 15) is 4.39 Å². The Morgan fingerprint density at radius 1 is 1.30 bits per heavy atom. The Labute approximate surface area is 180 Å². The van der Waals surface area contributed by atoms with E-state index < -0.39 is 0 Å². The molecule has 0 radical (unpaired) electrons. The normalized spacial score (nSPS) is 16.2. The third-order valence-electron chi connectivity index (χ3n) is 4.47. The molecule has 1 unspecified atom stereocenters. The molecule has 0 amide bonds. The van der Waals surface area contributed by atoms with Crippen LogP contribution in [-0.4, -0.2) is 49.1 Å². The summed E-state index contributed by atoms with van der Waals surface area (Å²) >= 11 is 1.58. The number of guanidine groups is 1. The Morgan fingerprint density at radius 3 is 2.59 bits per heavy atom. The molecular formula is C18H25FIN5OS. The number of hydrogen-bond acceptors (Lipinski definition) is 5. The monoisotopic (exact) mass is 505 g/mol.